The highest BCUT2D eigenvalue weighted by Gasteiger charge is 2.08. The van der Waals surface area contributed by atoms with Crippen LogP contribution in [0, 0.1) is 5.82 Å². The topological polar surface area (TPSA) is 9.23 Å². The van der Waals surface area contributed by atoms with Gasteiger partial charge in [0, 0.05) is 0 Å². The Morgan fingerprint density at radius 1 is 1.31 bits per heavy atom. The van der Waals surface area contributed by atoms with E-state index >= 15 is 0 Å². The standard InChI is InChI=1S/C14H21FO/c1-4-6-9-16-14-8-7-12(10-13(14)15)11(3)5-2/h7-8,10-11H,4-6,9H2,1-3H3. The van der Waals surface area contributed by atoms with Crippen molar-refractivity contribution in [2.24, 2.45) is 0 Å². The predicted molar refractivity (Wildman–Crippen MR) is 65.5 cm³/mol. The molecule has 1 aromatic rings. The van der Waals surface area contributed by atoms with Crippen LogP contribution in [0.4, 0.5) is 4.39 Å². The zero-order chi connectivity index (χ0) is 12.0. The molecule has 1 unspecified atom stereocenters. The van der Waals surface area contributed by atoms with E-state index in [1.165, 1.54) is 0 Å². The number of ether oxygens (including phenoxy) is 1. The van der Waals surface area contributed by atoms with Crippen LogP contribution in [0.3, 0.4) is 0 Å². The summed E-state index contributed by atoms with van der Waals surface area (Å²) in [7, 11) is 0. The quantitative estimate of drug-likeness (QED) is 0.646. The number of hydrogen-bond acceptors (Lipinski definition) is 1. The van der Waals surface area contributed by atoms with Crippen molar-refractivity contribution < 1.29 is 9.13 Å². The van der Waals surface area contributed by atoms with E-state index in [-0.39, 0.29) is 5.82 Å². The molecule has 0 heterocycles. The van der Waals surface area contributed by atoms with Gasteiger partial charge in [0.2, 0.25) is 0 Å². The number of hydrogen-bond donors (Lipinski definition) is 0. The summed E-state index contributed by atoms with van der Waals surface area (Å²) >= 11 is 0. The Bertz CT molecular complexity index is 323. The van der Waals surface area contributed by atoms with E-state index in [0.29, 0.717) is 18.3 Å². The minimum atomic E-state index is -0.242. The van der Waals surface area contributed by atoms with Crippen molar-refractivity contribution in [1.29, 1.82) is 0 Å². The first-order valence-corrected chi connectivity index (χ1v) is 6.11. The van der Waals surface area contributed by atoms with Gasteiger partial charge < -0.3 is 4.74 Å². The molecular formula is C14H21FO. The summed E-state index contributed by atoms with van der Waals surface area (Å²) in [5.74, 6) is 0.536. The van der Waals surface area contributed by atoms with Gasteiger partial charge in [-0.15, -0.1) is 0 Å². The van der Waals surface area contributed by atoms with E-state index in [1.54, 1.807) is 12.1 Å². The van der Waals surface area contributed by atoms with E-state index < -0.39 is 0 Å². The van der Waals surface area contributed by atoms with E-state index in [2.05, 4.69) is 20.8 Å². The van der Waals surface area contributed by atoms with Gasteiger partial charge in [0.1, 0.15) is 0 Å². The smallest absolute Gasteiger partial charge is 0.165 e. The lowest BCUT2D eigenvalue weighted by Gasteiger charge is -2.11. The van der Waals surface area contributed by atoms with Gasteiger partial charge in [-0.25, -0.2) is 4.39 Å². The van der Waals surface area contributed by atoms with Crippen LogP contribution in [-0.2, 0) is 0 Å². The van der Waals surface area contributed by atoms with Crippen molar-refractivity contribution in [2.75, 3.05) is 6.61 Å². The van der Waals surface area contributed by atoms with Crippen molar-refractivity contribution >= 4 is 0 Å². The monoisotopic (exact) mass is 224 g/mol. The highest BCUT2D eigenvalue weighted by molar-refractivity contribution is 5.31. The largest absolute Gasteiger partial charge is 0.491 e. The molecular weight excluding hydrogens is 203 g/mol. The minimum absolute atomic E-state index is 0.242. The highest BCUT2D eigenvalue weighted by atomic mass is 19.1. The molecule has 0 N–H and O–H groups in total. The van der Waals surface area contributed by atoms with Gasteiger partial charge in [0.05, 0.1) is 6.61 Å². The van der Waals surface area contributed by atoms with E-state index in [4.69, 9.17) is 4.74 Å². The van der Waals surface area contributed by atoms with Gasteiger partial charge in [-0.1, -0.05) is 33.3 Å². The van der Waals surface area contributed by atoms with Crippen molar-refractivity contribution in [3.63, 3.8) is 0 Å². The van der Waals surface area contributed by atoms with Crippen molar-refractivity contribution in [2.45, 2.75) is 46.0 Å². The molecule has 0 bridgehead atoms. The van der Waals surface area contributed by atoms with Gasteiger partial charge in [0.25, 0.3) is 0 Å². The minimum Gasteiger partial charge on any atom is -0.491 e. The summed E-state index contributed by atoms with van der Waals surface area (Å²) in [6.45, 7) is 6.89. The van der Waals surface area contributed by atoms with Crippen LogP contribution >= 0.6 is 0 Å². The molecule has 1 nitrogen and oxygen atoms in total. The third-order valence-corrected chi connectivity index (χ3v) is 2.89. The molecule has 2 heteroatoms. The third-order valence-electron chi connectivity index (χ3n) is 2.89. The highest BCUT2D eigenvalue weighted by Crippen LogP contribution is 2.24. The van der Waals surface area contributed by atoms with Crippen LogP contribution < -0.4 is 4.74 Å². The van der Waals surface area contributed by atoms with E-state index in [9.17, 15) is 4.39 Å². The van der Waals surface area contributed by atoms with Gasteiger partial charge in [-0.05, 0) is 36.5 Å². The average Bonchev–Trinajstić information content (AvgIpc) is 2.30. The lowest BCUT2D eigenvalue weighted by Crippen LogP contribution is -2.00. The first-order valence-electron chi connectivity index (χ1n) is 6.11. The normalized spacial score (nSPS) is 12.5. The van der Waals surface area contributed by atoms with E-state index in [0.717, 1.165) is 24.8 Å². The lowest BCUT2D eigenvalue weighted by atomic mass is 9.98. The van der Waals surface area contributed by atoms with Crippen LogP contribution in [0.5, 0.6) is 5.75 Å². The molecule has 0 aliphatic heterocycles. The number of unbranched alkanes of at least 4 members (excludes halogenated alkanes) is 1. The summed E-state index contributed by atoms with van der Waals surface area (Å²) in [6, 6.07) is 5.29. The fraction of sp³-hybridized carbons (Fsp3) is 0.571. The molecule has 0 aromatic heterocycles. The second-order valence-corrected chi connectivity index (χ2v) is 4.20. The molecule has 0 radical (unpaired) electrons. The Labute approximate surface area is 97.6 Å². The summed E-state index contributed by atoms with van der Waals surface area (Å²) in [5.41, 5.74) is 1.04. The average molecular weight is 224 g/mol. The van der Waals surface area contributed by atoms with Crippen molar-refractivity contribution in [1.82, 2.24) is 0 Å². The molecule has 1 rings (SSSR count). The Kier molecular flexibility index (Phi) is 5.30. The van der Waals surface area contributed by atoms with Gasteiger partial charge >= 0.3 is 0 Å². The molecule has 0 aliphatic rings. The number of halogens is 1. The van der Waals surface area contributed by atoms with Crippen LogP contribution in [0.1, 0.15) is 51.5 Å². The maximum Gasteiger partial charge on any atom is 0.165 e. The lowest BCUT2D eigenvalue weighted by molar-refractivity contribution is 0.294. The molecule has 90 valence electrons. The Morgan fingerprint density at radius 3 is 2.62 bits per heavy atom. The van der Waals surface area contributed by atoms with Crippen molar-refractivity contribution in [3.8, 4) is 5.75 Å². The molecule has 0 spiro atoms. The Balaban J connectivity index is 2.67. The fourth-order valence-electron chi connectivity index (χ4n) is 1.50. The number of rotatable bonds is 6. The first-order chi connectivity index (χ1) is 7.69. The van der Waals surface area contributed by atoms with Crippen LogP contribution in [0.15, 0.2) is 18.2 Å². The zero-order valence-corrected chi connectivity index (χ0v) is 10.4. The van der Waals surface area contributed by atoms with Crippen LogP contribution in [-0.4, -0.2) is 6.61 Å². The molecule has 1 atom stereocenters. The Hall–Kier alpha value is -1.05. The maximum absolute atomic E-state index is 13.6. The zero-order valence-electron chi connectivity index (χ0n) is 10.4. The summed E-state index contributed by atoms with van der Waals surface area (Å²) in [6.07, 6.45) is 3.05. The molecule has 0 saturated heterocycles. The molecule has 1 aromatic carbocycles. The summed E-state index contributed by atoms with van der Waals surface area (Å²) in [4.78, 5) is 0. The van der Waals surface area contributed by atoms with E-state index in [1.807, 2.05) is 6.07 Å². The van der Waals surface area contributed by atoms with Crippen LogP contribution in [0.25, 0.3) is 0 Å². The SMILES string of the molecule is CCCCOc1ccc(C(C)CC)cc1F. The molecule has 0 amide bonds. The molecule has 0 aliphatic carbocycles. The van der Waals surface area contributed by atoms with Gasteiger partial charge in [-0.3, -0.25) is 0 Å². The molecule has 0 fully saturated rings. The number of benzene rings is 1. The third kappa shape index (κ3) is 3.51. The predicted octanol–water partition coefficient (Wildman–Crippen LogP) is 4.52. The van der Waals surface area contributed by atoms with Gasteiger partial charge in [-0.2, -0.15) is 0 Å². The molecule has 0 saturated carbocycles. The second kappa shape index (κ2) is 6.51. The van der Waals surface area contributed by atoms with Crippen molar-refractivity contribution in [3.05, 3.63) is 29.6 Å². The maximum atomic E-state index is 13.6. The first kappa shape index (κ1) is 13.0. The summed E-state index contributed by atoms with van der Waals surface area (Å²) < 4.78 is 19.0. The fourth-order valence-corrected chi connectivity index (χ4v) is 1.50. The second-order valence-electron chi connectivity index (χ2n) is 4.20. The van der Waals surface area contributed by atoms with Gasteiger partial charge in [0.15, 0.2) is 11.6 Å². The Morgan fingerprint density at radius 2 is 2.06 bits per heavy atom. The molecule has 16 heavy (non-hydrogen) atoms. The summed E-state index contributed by atoms with van der Waals surface area (Å²) in [5, 5.41) is 0. The van der Waals surface area contributed by atoms with Crippen LogP contribution in [0.2, 0.25) is 0 Å².